The van der Waals surface area contributed by atoms with Crippen molar-refractivity contribution in [3.8, 4) is 11.6 Å². The summed E-state index contributed by atoms with van der Waals surface area (Å²) in [5, 5.41) is 9.26. The Bertz CT molecular complexity index is 319. The first kappa shape index (κ1) is 10.3. The van der Waals surface area contributed by atoms with Gasteiger partial charge in [-0.1, -0.05) is 6.92 Å². The van der Waals surface area contributed by atoms with Crippen molar-refractivity contribution in [1.29, 1.82) is 0 Å². The topological polar surface area (TPSA) is 42.4 Å². The third-order valence-corrected chi connectivity index (χ3v) is 2.97. The summed E-state index contributed by atoms with van der Waals surface area (Å²) in [7, 11) is 0. The normalized spacial score (nSPS) is 26.2. The Morgan fingerprint density at radius 2 is 2.07 bits per heavy atom. The summed E-state index contributed by atoms with van der Waals surface area (Å²) in [5.41, 5.74) is 0. The largest absolute Gasteiger partial charge is 0.508 e. The van der Waals surface area contributed by atoms with E-state index in [1.165, 1.54) is 12.8 Å². The van der Waals surface area contributed by atoms with Gasteiger partial charge in [0.25, 0.3) is 0 Å². The lowest BCUT2D eigenvalue weighted by molar-refractivity contribution is 0.130. The molecule has 15 heavy (non-hydrogen) atoms. The molecule has 82 valence electrons. The molecule has 0 aromatic carbocycles. The van der Waals surface area contributed by atoms with Gasteiger partial charge in [-0.05, 0) is 37.7 Å². The molecule has 0 unspecified atom stereocenters. The van der Waals surface area contributed by atoms with E-state index in [1.54, 1.807) is 18.3 Å². The molecule has 2 rings (SSSR count). The first-order chi connectivity index (χ1) is 7.24. The lowest BCUT2D eigenvalue weighted by Crippen LogP contribution is -2.23. The second kappa shape index (κ2) is 4.51. The fourth-order valence-corrected chi connectivity index (χ4v) is 1.98. The summed E-state index contributed by atoms with van der Waals surface area (Å²) < 4.78 is 5.71. The summed E-state index contributed by atoms with van der Waals surface area (Å²) in [6.07, 6.45) is 6.48. The van der Waals surface area contributed by atoms with Crippen LogP contribution < -0.4 is 4.74 Å². The molecule has 3 heteroatoms. The smallest absolute Gasteiger partial charge is 0.217 e. The first-order valence-corrected chi connectivity index (χ1v) is 5.55. The lowest BCUT2D eigenvalue weighted by Gasteiger charge is -2.26. The predicted octanol–water partition coefficient (Wildman–Crippen LogP) is 2.74. The first-order valence-electron chi connectivity index (χ1n) is 5.55. The molecule has 0 atom stereocenters. The molecule has 1 aromatic heterocycles. The summed E-state index contributed by atoms with van der Waals surface area (Å²) in [4.78, 5) is 4.07. The maximum Gasteiger partial charge on any atom is 0.217 e. The van der Waals surface area contributed by atoms with Gasteiger partial charge in [-0.2, -0.15) is 0 Å². The zero-order valence-electron chi connectivity index (χ0n) is 9.02. The van der Waals surface area contributed by atoms with Crippen LogP contribution in [0.15, 0.2) is 18.3 Å². The molecule has 0 aliphatic heterocycles. The number of hydrogen-bond acceptors (Lipinski definition) is 3. The molecular weight excluding hydrogens is 190 g/mol. The fraction of sp³-hybridized carbons (Fsp3) is 0.583. The highest BCUT2D eigenvalue weighted by Crippen LogP contribution is 2.27. The Hall–Kier alpha value is -1.25. The van der Waals surface area contributed by atoms with Gasteiger partial charge in [0.1, 0.15) is 11.9 Å². The molecule has 1 N–H and O–H groups in total. The van der Waals surface area contributed by atoms with Crippen LogP contribution in [0.3, 0.4) is 0 Å². The molecule has 0 spiro atoms. The number of hydrogen-bond donors (Lipinski definition) is 1. The van der Waals surface area contributed by atoms with Crippen molar-refractivity contribution >= 4 is 0 Å². The summed E-state index contributed by atoms with van der Waals surface area (Å²) in [5.74, 6) is 1.57. The van der Waals surface area contributed by atoms with E-state index in [4.69, 9.17) is 4.74 Å². The number of aromatic hydroxyl groups is 1. The minimum Gasteiger partial charge on any atom is -0.508 e. The second-order valence-electron chi connectivity index (χ2n) is 4.35. The van der Waals surface area contributed by atoms with E-state index < -0.39 is 0 Å². The van der Waals surface area contributed by atoms with Crippen LogP contribution in [0, 0.1) is 5.92 Å². The molecular formula is C12H17NO2. The number of nitrogens with zero attached hydrogens (tertiary/aromatic N) is 1. The second-order valence-corrected chi connectivity index (χ2v) is 4.35. The Kier molecular flexibility index (Phi) is 3.09. The van der Waals surface area contributed by atoms with E-state index in [0.717, 1.165) is 18.8 Å². The van der Waals surface area contributed by atoms with Gasteiger partial charge in [-0.15, -0.1) is 0 Å². The summed E-state index contributed by atoms with van der Waals surface area (Å²) in [6.45, 7) is 2.28. The lowest BCUT2D eigenvalue weighted by atomic mass is 9.89. The predicted molar refractivity (Wildman–Crippen MR) is 57.9 cm³/mol. The van der Waals surface area contributed by atoms with E-state index in [0.29, 0.717) is 5.88 Å². The number of ether oxygens (including phenoxy) is 1. The molecule has 0 saturated heterocycles. The Labute approximate surface area is 90.1 Å². The van der Waals surface area contributed by atoms with Gasteiger partial charge in [0.15, 0.2) is 0 Å². The van der Waals surface area contributed by atoms with Gasteiger partial charge in [0.05, 0.1) is 0 Å². The van der Waals surface area contributed by atoms with Crippen molar-refractivity contribution in [1.82, 2.24) is 4.98 Å². The number of rotatable bonds is 2. The molecule has 0 radical (unpaired) electrons. The molecule has 0 bridgehead atoms. The summed E-state index contributed by atoms with van der Waals surface area (Å²) in [6, 6.07) is 3.12. The molecule has 1 heterocycles. The van der Waals surface area contributed by atoms with E-state index in [2.05, 4.69) is 11.9 Å². The van der Waals surface area contributed by atoms with E-state index >= 15 is 0 Å². The highest BCUT2D eigenvalue weighted by Gasteiger charge is 2.19. The minimum absolute atomic E-state index is 0.212. The van der Waals surface area contributed by atoms with Crippen LogP contribution >= 0.6 is 0 Å². The fourth-order valence-electron chi connectivity index (χ4n) is 1.98. The third-order valence-electron chi connectivity index (χ3n) is 2.97. The van der Waals surface area contributed by atoms with Gasteiger partial charge in [-0.25, -0.2) is 4.98 Å². The molecule has 1 fully saturated rings. The molecule has 1 aliphatic carbocycles. The van der Waals surface area contributed by atoms with E-state index in [1.807, 2.05) is 0 Å². The van der Waals surface area contributed by atoms with Crippen molar-refractivity contribution < 1.29 is 9.84 Å². The molecule has 1 saturated carbocycles. The third kappa shape index (κ3) is 2.85. The Morgan fingerprint density at radius 1 is 1.33 bits per heavy atom. The van der Waals surface area contributed by atoms with Crippen LogP contribution in [-0.2, 0) is 0 Å². The SMILES string of the molecule is C[C@H]1CC[C@H](Oc2cc(O)ccn2)CC1. The van der Waals surface area contributed by atoms with Crippen LogP contribution in [-0.4, -0.2) is 16.2 Å². The number of pyridine rings is 1. The zero-order chi connectivity index (χ0) is 10.7. The van der Waals surface area contributed by atoms with Crippen molar-refractivity contribution in [3.05, 3.63) is 18.3 Å². The highest BCUT2D eigenvalue weighted by molar-refractivity contribution is 5.24. The maximum absolute atomic E-state index is 9.26. The van der Waals surface area contributed by atoms with Gasteiger partial charge in [-0.3, -0.25) is 0 Å². The quantitative estimate of drug-likeness (QED) is 0.810. The highest BCUT2D eigenvalue weighted by atomic mass is 16.5. The van der Waals surface area contributed by atoms with E-state index in [-0.39, 0.29) is 11.9 Å². The van der Waals surface area contributed by atoms with Gasteiger partial charge in [0.2, 0.25) is 5.88 Å². The number of aromatic nitrogens is 1. The Morgan fingerprint density at radius 3 is 2.73 bits per heavy atom. The Balaban J connectivity index is 1.92. The minimum atomic E-state index is 0.212. The van der Waals surface area contributed by atoms with Gasteiger partial charge < -0.3 is 9.84 Å². The molecule has 0 amide bonds. The maximum atomic E-state index is 9.26. The van der Waals surface area contributed by atoms with Crippen LogP contribution in [0.1, 0.15) is 32.6 Å². The molecule has 1 aliphatic rings. The van der Waals surface area contributed by atoms with Crippen LogP contribution in [0.5, 0.6) is 11.6 Å². The summed E-state index contributed by atoms with van der Waals surface area (Å²) >= 11 is 0. The molecule has 1 aromatic rings. The zero-order valence-corrected chi connectivity index (χ0v) is 9.02. The van der Waals surface area contributed by atoms with Crippen LogP contribution in [0.2, 0.25) is 0 Å². The molecule has 3 nitrogen and oxygen atoms in total. The monoisotopic (exact) mass is 207 g/mol. The van der Waals surface area contributed by atoms with Gasteiger partial charge >= 0.3 is 0 Å². The van der Waals surface area contributed by atoms with Gasteiger partial charge in [0, 0.05) is 12.3 Å². The van der Waals surface area contributed by atoms with Crippen LogP contribution in [0.4, 0.5) is 0 Å². The van der Waals surface area contributed by atoms with Crippen molar-refractivity contribution in [2.24, 2.45) is 5.92 Å². The average molecular weight is 207 g/mol. The van der Waals surface area contributed by atoms with E-state index in [9.17, 15) is 5.11 Å². The van der Waals surface area contributed by atoms with Crippen molar-refractivity contribution in [3.63, 3.8) is 0 Å². The van der Waals surface area contributed by atoms with Crippen LogP contribution in [0.25, 0.3) is 0 Å². The van der Waals surface area contributed by atoms with Crippen molar-refractivity contribution in [2.45, 2.75) is 38.7 Å². The average Bonchev–Trinajstić information content (AvgIpc) is 2.22. The van der Waals surface area contributed by atoms with Crippen molar-refractivity contribution in [2.75, 3.05) is 0 Å². The standard InChI is InChI=1S/C12H17NO2/c1-9-2-4-11(5-3-9)15-12-8-10(14)6-7-13-12/h6-9,11H,2-5H2,1H3,(H,13,14)/t9-,11-.